The second-order valence-electron chi connectivity index (χ2n) is 7.68. The lowest BCUT2D eigenvalue weighted by Gasteiger charge is -2.40. The standard InChI is InChI=1S/C20H31N3O3S/c1-3-21-19(22-13-8-14-27(2,24)25)23-17-15-20(11-6-7-12-20)26-18-10-5-4-9-16(17)18/h4-5,9-10,17H,3,6-8,11-15H2,1-2H3,(H2,21,22,23). The van der Waals surface area contributed by atoms with Crippen molar-refractivity contribution in [2.75, 3.05) is 25.1 Å². The summed E-state index contributed by atoms with van der Waals surface area (Å²) in [5, 5.41) is 6.86. The van der Waals surface area contributed by atoms with Gasteiger partial charge in [-0.1, -0.05) is 18.2 Å². The van der Waals surface area contributed by atoms with E-state index in [0.717, 1.165) is 43.1 Å². The predicted molar refractivity (Wildman–Crippen MR) is 109 cm³/mol. The monoisotopic (exact) mass is 393 g/mol. The third-order valence-corrected chi connectivity index (χ3v) is 6.34. The highest BCUT2D eigenvalue weighted by molar-refractivity contribution is 7.90. The fourth-order valence-electron chi connectivity index (χ4n) is 4.08. The van der Waals surface area contributed by atoms with Crippen LogP contribution in [-0.4, -0.2) is 45.1 Å². The number of para-hydroxylation sites is 1. The Morgan fingerprint density at radius 1 is 1.30 bits per heavy atom. The number of ether oxygens (including phenoxy) is 1. The summed E-state index contributed by atoms with van der Waals surface area (Å²) in [4.78, 5) is 4.59. The van der Waals surface area contributed by atoms with E-state index in [-0.39, 0.29) is 17.4 Å². The fourth-order valence-corrected chi connectivity index (χ4v) is 4.73. The Kier molecular flexibility index (Phi) is 6.29. The van der Waals surface area contributed by atoms with Crippen LogP contribution in [0.1, 0.15) is 57.1 Å². The van der Waals surface area contributed by atoms with Crippen molar-refractivity contribution in [3.63, 3.8) is 0 Å². The first kappa shape index (κ1) is 20.0. The molecule has 1 aliphatic heterocycles. The number of aliphatic imine (C=N–C) groups is 1. The van der Waals surface area contributed by atoms with E-state index in [9.17, 15) is 8.42 Å². The molecule has 2 N–H and O–H groups in total. The molecule has 0 radical (unpaired) electrons. The van der Waals surface area contributed by atoms with Crippen LogP contribution in [0.4, 0.5) is 0 Å². The molecule has 1 saturated carbocycles. The van der Waals surface area contributed by atoms with Gasteiger partial charge in [-0.05, 0) is 45.1 Å². The summed E-state index contributed by atoms with van der Waals surface area (Å²) in [5.41, 5.74) is 1.09. The molecule has 1 heterocycles. The zero-order chi connectivity index (χ0) is 19.3. The maximum Gasteiger partial charge on any atom is 0.191 e. The minimum Gasteiger partial charge on any atom is -0.487 e. The van der Waals surface area contributed by atoms with E-state index in [1.165, 1.54) is 19.1 Å². The summed E-state index contributed by atoms with van der Waals surface area (Å²) in [6.45, 7) is 3.27. The molecule has 0 aromatic heterocycles. The molecule has 3 rings (SSSR count). The Morgan fingerprint density at radius 3 is 2.74 bits per heavy atom. The van der Waals surface area contributed by atoms with Gasteiger partial charge in [0.25, 0.3) is 0 Å². The second kappa shape index (κ2) is 8.50. The van der Waals surface area contributed by atoms with Crippen molar-refractivity contribution in [2.24, 2.45) is 4.99 Å². The molecule has 6 nitrogen and oxygen atoms in total. The number of nitrogens with one attached hydrogen (secondary N) is 2. The number of sulfone groups is 1. The number of hydrogen-bond acceptors (Lipinski definition) is 4. The SMILES string of the molecule is CCNC(=NCCCS(C)(=O)=O)NC1CC2(CCCC2)Oc2ccccc21. The van der Waals surface area contributed by atoms with Crippen LogP contribution >= 0.6 is 0 Å². The average molecular weight is 394 g/mol. The van der Waals surface area contributed by atoms with Crippen LogP contribution in [0.3, 0.4) is 0 Å². The second-order valence-corrected chi connectivity index (χ2v) is 9.93. The molecule has 1 aromatic carbocycles. The van der Waals surface area contributed by atoms with Crippen LogP contribution in [0, 0.1) is 0 Å². The van der Waals surface area contributed by atoms with Crippen molar-refractivity contribution in [3.05, 3.63) is 29.8 Å². The first-order valence-corrected chi connectivity index (χ1v) is 12.0. The van der Waals surface area contributed by atoms with Gasteiger partial charge in [-0.15, -0.1) is 0 Å². The van der Waals surface area contributed by atoms with Gasteiger partial charge in [-0.25, -0.2) is 8.42 Å². The number of hydrogen-bond donors (Lipinski definition) is 2. The predicted octanol–water partition coefficient (Wildman–Crippen LogP) is 2.81. The van der Waals surface area contributed by atoms with Gasteiger partial charge in [0, 0.05) is 31.3 Å². The Labute approximate surface area is 162 Å². The molecule has 1 aliphatic carbocycles. The minimum atomic E-state index is -2.94. The molecular weight excluding hydrogens is 362 g/mol. The molecule has 1 fully saturated rings. The molecule has 2 aliphatic rings. The van der Waals surface area contributed by atoms with Crippen LogP contribution in [-0.2, 0) is 9.84 Å². The van der Waals surface area contributed by atoms with Gasteiger partial charge in [0.15, 0.2) is 5.96 Å². The summed E-state index contributed by atoms with van der Waals surface area (Å²) in [7, 11) is -2.94. The lowest BCUT2D eigenvalue weighted by atomic mass is 9.86. The molecule has 0 amide bonds. The molecule has 1 atom stereocenters. The molecule has 1 unspecified atom stereocenters. The van der Waals surface area contributed by atoms with Crippen molar-refractivity contribution < 1.29 is 13.2 Å². The molecule has 0 saturated heterocycles. The van der Waals surface area contributed by atoms with Crippen LogP contribution in [0.25, 0.3) is 0 Å². The van der Waals surface area contributed by atoms with E-state index < -0.39 is 9.84 Å². The largest absolute Gasteiger partial charge is 0.487 e. The molecule has 1 spiro atoms. The van der Waals surface area contributed by atoms with Crippen molar-refractivity contribution in [1.29, 1.82) is 0 Å². The van der Waals surface area contributed by atoms with Crippen LogP contribution in [0.15, 0.2) is 29.3 Å². The smallest absolute Gasteiger partial charge is 0.191 e. The van der Waals surface area contributed by atoms with E-state index in [1.54, 1.807) is 0 Å². The van der Waals surface area contributed by atoms with Gasteiger partial charge >= 0.3 is 0 Å². The Hall–Kier alpha value is -1.76. The number of benzene rings is 1. The molecular formula is C20H31N3O3S. The Morgan fingerprint density at radius 2 is 2.04 bits per heavy atom. The van der Waals surface area contributed by atoms with E-state index in [2.05, 4.69) is 27.8 Å². The minimum absolute atomic E-state index is 0.0698. The maximum atomic E-state index is 11.3. The van der Waals surface area contributed by atoms with Crippen molar-refractivity contribution in [2.45, 2.75) is 57.1 Å². The van der Waals surface area contributed by atoms with Gasteiger partial charge in [-0.2, -0.15) is 0 Å². The zero-order valence-electron chi connectivity index (χ0n) is 16.3. The van der Waals surface area contributed by atoms with E-state index >= 15 is 0 Å². The Bertz CT molecular complexity index is 770. The normalized spacial score (nSPS) is 21.6. The summed E-state index contributed by atoms with van der Waals surface area (Å²) >= 11 is 0. The third-order valence-electron chi connectivity index (χ3n) is 5.31. The van der Waals surface area contributed by atoms with Gasteiger partial charge in [0.2, 0.25) is 0 Å². The number of fused-ring (bicyclic) bond motifs is 1. The molecule has 1 aromatic rings. The van der Waals surface area contributed by atoms with Crippen molar-refractivity contribution in [1.82, 2.24) is 10.6 Å². The molecule has 0 bridgehead atoms. The van der Waals surface area contributed by atoms with Gasteiger partial charge in [-0.3, -0.25) is 4.99 Å². The number of rotatable bonds is 6. The van der Waals surface area contributed by atoms with E-state index in [4.69, 9.17) is 4.74 Å². The highest BCUT2D eigenvalue weighted by atomic mass is 32.2. The first-order chi connectivity index (χ1) is 12.9. The van der Waals surface area contributed by atoms with E-state index in [0.29, 0.717) is 13.0 Å². The van der Waals surface area contributed by atoms with Gasteiger partial charge in [0.1, 0.15) is 21.2 Å². The van der Waals surface area contributed by atoms with Crippen LogP contribution in [0.5, 0.6) is 5.75 Å². The Balaban J connectivity index is 1.74. The number of guanidine groups is 1. The molecule has 7 heteroatoms. The van der Waals surface area contributed by atoms with Gasteiger partial charge in [0.05, 0.1) is 11.8 Å². The summed E-state index contributed by atoms with van der Waals surface area (Å²) in [6.07, 6.45) is 7.35. The maximum absolute atomic E-state index is 11.3. The summed E-state index contributed by atoms with van der Waals surface area (Å²) < 4.78 is 29.0. The topological polar surface area (TPSA) is 79.8 Å². The first-order valence-electron chi connectivity index (χ1n) is 9.91. The fraction of sp³-hybridized carbons (Fsp3) is 0.650. The highest BCUT2D eigenvalue weighted by Gasteiger charge is 2.43. The lowest BCUT2D eigenvalue weighted by Crippen LogP contribution is -2.46. The van der Waals surface area contributed by atoms with Gasteiger partial charge < -0.3 is 15.4 Å². The number of nitrogens with zero attached hydrogens (tertiary/aromatic N) is 1. The average Bonchev–Trinajstić information content (AvgIpc) is 3.05. The summed E-state index contributed by atoms with van der Waals surface area (Å²) in [6, 6.07) is 8.37. The van der Waals surface area contributed by atoms with Crippen LogP contribution < -0.4 is 15.4 Å². The quantitative estimate of drug-likeness (QED) is 0.441. The molecule has 27 heavy (non-hydrogen) atoms. The van der Waals surface area contributed by atoms with Crippen molar-refractivity contribution in [3.8, 4) is 5.75 Å². The summed E-state index contributed by atoms with van der Waals surface area (Å²) in [5.74, 6) is 1.87. The highest BCUT2D eigenvalue weighted by Crippen LogP contribution is 2.46. The zero-order valence-corrected chi connectivity index (χ0v) is 17.1. The van der Waals surface area contributed by atoms with E-state index in [1.807, 2.05) is 19.1 Å². The lowest BCUT2D eigenvalue weighted by molar-refractivity contribution is 0.0396. The molecule has 150 valence electrons. The van der Waals surface area contributed by atoms with Crippen molar-refractivity contribution >= 4 is 15.8 Å². The third kappa shape index (κ3) is 5.37. The van der Waals surface area contributed by atoms with Crippen LogP contribution in [0.2, 0.25) is 0 Å².